The Kier molecular flexibility index (Phi) is 5.51. The van der Waals surface area contributed by atoms with Crippen molar-refractivity contribution in [2.75, 3.05) is 32.0 Å². The lowest BCUT2D eigenvalue weighted by Crippen LogP contribution is -2.42. The molecule has 0 aromatic rings. The quantitative estimate of drug-likeness (QED) is 0.548. The van der Waals surface area contributed by atoms with Crippen molar-refractivity contribution in [3.05, 3.63) is 12.2 Å². The Bertz CT molecular complexity index is 161. The van der Waals surface area contributed by atoms with Gasteiger partial charge in [-0.05, 0) is 6.42 Å². The van der Waals surface area contributed by atoms with Crippen LogP contribution < -0.4 is 0 Å². The van der Waals surface area contributed by atoms with Crippen LogP contribution >= 0.6 is 12.6 Å². The molecule has 13 heavy (non-hydrogen) atoms. The Morgan fingerprint density at radius 1 is 1.54 bits per heavy atom. The van der Waals surface area contributed by atoms with Crippen LogP contribution in [0.1, 0.15) is 13.3 Å². The highest BCUT2D eigenvalue weighted by molar-refractivity contribution is 7.80. The minimum absolute atomic E-state index is 0.443. The molecule has 1 unspecified atom stereocenters. The molecule has 0 aliphatic carbocycles. The second kappa shape index (κ2) is 6.46. The first kappa shape index (κ1) is 11.1. The van der Waals surface area contributed by atoms with Crippen LogP contribution in [0.3, 0.4) is 0 Å². The van der Waals surface area contributed by atoms with Gasteiger partial charge in [0.2, 0.25) is 0 Å². The summed E-state index contributed by atoms with van der Waals surface area (Å²) in [5, 5.41) is 0. The molecule has 1 fully saturated rings. The molecular formula is C10H19NOS. The van der Waals surface area contributed by atoms with Crippen LogP contribution in [-0.2, 0) is 4.74 Å². The molecule has 2 nitrogen and oxygen atoms in total. The molecule has 1 rings (SSSR count). The molecule has 1 aliphatic rings. The van der Waals surface area contributed by atoms with Crippen LogP contribution in [0, 0.1) is 0 Å². The second-order valence-electron chi connectivity index (χ2n) is 3.31. The van der Waals surface area contributed by atoms with Gasteiger partial charge in [0.1, 0.15) is 0 Å². The number of ether oxygens (including phenoxy) is 1. The van der Waals surface area contributed by atoms with Gasteiger partial charge in [0.25, 0.3) is 0 Å². The highest BCUT2D eigenvalue weighted by atomic mass is 32.1. The molecule has 0 aromatic carbocycles. The fourth-order valence-electron chi connectivity index (χ4n) is 1.49. The van der Waals surface area contributed by atoms with Crippen molar-refractivity contribution in [3.63, 3.8) is 0 Å². The minimum atomic E-state index is 0.443. The standard InChI is InChI=1S/C10H19NOS/c1-2-10-9-11(6-7-12-10)5-3-4-8-13/h3-4,10,13H,2,5-9H2,1H3. The summed E-state index contributed by atoms with van der Waals surface area (Å²) < 4.78 is 5.58. The van der Waals surface area contributed by atoms with Crippen molar-refractivity contribution in [2.45, 2.75) is 19.4 Å². The molecule has 0 bridgehead atoms. The van der Waals surface area contributed by atoms with Crippen molar-refractivity contribution < 1.29 is 4.74 Å². The molecule has 0 amide bonds. The number of nitrogens with zero attached hydrogens (tertiary/aromatic N) is 1. The normalized spacial score (nSPS) is 25.5. The van der Waals surface area contributed by atoms with Gasteiger partial charge in [-0.1, -0.05) is 19.1 Å². The molecule has 3 heteroatoms. The third-order valence-corrected chi connectivity index (χ3v) is 2.52. The molecule has 0 radical (unpaired) electrons. The van der Waals surface area contributed by atoms with E-state index in [4.69, 9.17) is 4.74 Å². The summed E-state index contributed by atoms with van der Waals surface area (Å²) in [6.07, 6.45) is 5.84. The van der Waals surface area contributed by atoms with Gasteiger partial charge in [-0.15, -0.1) is 0 Å². The molecule has 1 saturated heterocycles. The Morgan fingerprint density at radius 3 is 3.08 bits per heavy atom. The SMILES string of the molecule is CCC1CN(CC=CCS)CCO1. The average Bonchev–Trinajstić information content (AvgIpc) is 2.19. The van der Waals surface area contributed by atoms with E-state index in [1.54, 1.807) is 0 Å². The minimum Gasteiger partial charge on any atom is -0.376 e. The number of hydrogen-bond acceptors (Lipinski definition) is 3. The van der Waals surface area contributed by atoms with Crippen molar-refractivity contribution in [2.24, 2.45) is 0 Å². The van der Waals surface area contributed by atoms with Crippen molar-refractivity contribution >= 4 is 12.6 Å². The average molecular weight is 201 g/mol. The molecule has 76 valence electrons. The van der Waals surface area contributed by atoms with Crippen LogP contribution in [0.2, 0.25) is 0 Å². The number of morpholine rings is 1. The lowest BCUT2D eigenvalue weighted by atomic mass is 10.2. The highest BCUT2D eigenvalue weighted by Gasteiger charge is 2.17. The van der Waals surface area contributed by atoms with Crippen molar-refractivity contribution in [1.29, 1.82) is 0 Å². The fraction of sp³-hybridized carbons (Fsp3) is 0.800. The number of thiol groups is 1. The van der Waals surface area contributed by atoms with Gasteiger partial charge in [0, 0.05) is 25.4 Å². The molecule has 1 atom stereocenters. The zero-order chi connectivity index (χ0) is 9.52. The summed E-state index contributed by atoms with van der Waals surface area (Å²) in [5.41, 5.74) is 0. The van der Waals surface area contributed by atoms with E-state index in [2.05, 4.69) is 36.6 Å². The summed E-state index contributed by atoms with van der Waals surface area (Å²) in [4.78, 5) is 2.43. The van der Waals surface area contributed by atoms with Gasteiger partial charge in [0.15, 0.2) is 0 Å². The summed E-state index contributed by atoms with van der Waals surface area (Å²) >= 11 is 4.12. The van der Waals surface area contributed by atoms with E-state index >= 15 is 0 Å². The lowest BCUT2D eigenvalue weighted by molar-refractivity contribution is -0.0257. The maximum Gasteiger partial charge on any atom is 0.0700 e. The predicted octanol–water partition coefficient (Wildman–Crippen LogP) is 1.58. The number of rotatable bonds is 4. The van der Waals surface area contributed by atoms with Gasteiger partial charge < -0.3 is 4.74 Å². The molecule has 0 spiro atoms. The van der Waals surface area contributed by atoms with Gasteiger partial charge in [-0.25, -0.2) is 0 Å². The summed E-state index contributed by atoms with van der Waals surface area (Å²) in [6, 6.07) is 0. The van der Waals surface area contributed by atoms with E-state index in [-0.39, 0.29) is 0 Å². The Balaban J connectivity index is 2.21. The number of hydrogen-bond donors (Lipinski definition) is 1. The van der Waals surface area contributed by atoms with Crippen LogP contribution in [0.4, 0.5) is 0 Å². The van der Waals surface area contributed by atoms with E-state index in [0.29, 0.717) is 6.10 Å². The van der Waals surface area contributed by atoms with E-state index in [9.17, 15) is 0 Å². The third kappa shape index (κ3) is 4.16. The zero-order valence-electron chi connectivity index (χ0n) is 8.28. The summed E-state index contributed by atoms with van der Waals surface area (Å²) in [5.74, 6) is 0.835. The summed E-state index contributed by atoms with van der Waals surface area (Å²) in [6.45, 7) is 6.24. The smallest absolute Gasteiger partial charge is 0.0700 e. The van der Waals surface area contributed by atoms with Crippen LogP contribution in [-0.4, -0.2) is 43.0 Å². The Morgan fingerprint density at radius 2 is 2.38 bits per heavy atom. The summed E-state index contributed by atoms with van der Waals surface area (Å²) in [7, 11) is 0. The molecule has 1 heterocycles. The van der Waals surface area contributed by atoms with Crippen LogP contribution in [0.5, 0.6) is 0 Å². The molecule has 0 saturated carbocycles. The maximum absolute atomic E-state index is 5.58. The topological polar surface area (TPSA) is 12.5 Å². The molecule has 0 N–H and O–H groups in total. The molecular weight excluding hydrogens is 182 g/mol. The van der Waals surface area contributed by atoms with E-state index in [1.165, 1.54) is 0 Å². The van der Waals surface area contributed by atoms with Crippen LogP contribution in [0.15, 0.2) is 12.2 Å². The van der Waals surface area contributed by atoms with Gasteiger partial charge in [-0.2, -0.15) is 12.6 Å². The first-order chi connectivity index (χ1) is 6.36. The van der Waals surface area contributed by atoms with Gasteiger partial charge in [-0.3, -0.25) is 4.90 Å². The largest absolute Gasteiger partial charge is 0.376 e. The molecule has 0 aromatic heterocycles. The molecule has 1 aliphatic heterocycles. The monoisotopic (exact) mass is 201 g/mol. The third-order valence-electron chi connectivity index (χ3n) is 2.31. The van der Waals surface area contributed by atoms with Gasteiger partial charge in [0.05, 0.1) is 12.7 Å². The van der Waals surface area contributed by atoms with Crippen LogP contribution in [0.25, 0.3) is 0 Å². The second-order valence-corrected chi connectivity index (χ2v) is 3.68. The Hall–Kier alpha value is 0.01000. The maximum atomic E-state index is 5.58. The predicted molar refractivity (Wildman–Crippen MR) is 59.5 cm³/mol. The highest BCUT2D eigenvalue weighted by Crippen LogP contribution is 2.07. The first-order valence-corrected chi connectivity index (χ1v) is 5.60. The fourth-order valence-corrected chi connectivity index (χ4v) is 1.64. The van der Waals surface area contributed by atoms with E-state index in [0.717, 1.165) is 38.4 Å². The van der Waals surface area contributed by atoms with Crippen molar-refractivity contribution in [3.8, 4) is 0 Å². The lowest BCUT2D eigenvalue weighted by Gasteiger charge is -2.31. The van der Waals surface area contributed by atoms with E-state index in [1.807, 2.05) is 0 Å². The van der Waals surface area contributed by atoms with Crippen molar-refractivity contribution in [1.82, 2.24) is 4.90 Å². The Labute approximate surface area is 86.4 Å². The van der Waals surface area contributed by atoms with E-state index < -0.39 is 0 Å². The first-order valence-electron chi connectivity index (χ1n) is 4.96. The zero-order valence-corrected chi connectivity index (χ0v) is 9.17. The van der Waals surface area contributed by atoms with Gasteiger partial charge >= 0.3 is 0 Å².